The molecule has 3 rings (SSSR count). The number of carbonyl (C=O) groups excluding carboxylic acids is 1. The molecule has 0 atom stereocenters. The number of hydrogen-bond acceptors (Lipinski definition) is 5. The van der Waals surface area contributed by atoms with Crippen molar-refractivity contribution in [2.75, 3.05) is 0 Å². The van der Waals surface area contributed by atoms with Crippen LogP contribution in [0.4, 0.5) is 0 Å². The average molecular weight is 291 g/mol. The second-order valence-electron chi connectivity index (χ2n) is 5.16. The third-order valence-corrected chi connectivity index (χ3v) is 3.64. The number of nitrogens with two attached hydrogens (primary N) is 1. The van der Waals surface area contributed by atoms with Gasteiger partial charge in [-0.3, -0.25) is 14.8 Å². The van der Waals surface area contributed by atoms with Crippen molar-refractivity contribution in [1.82, 2.24) is 19.8 Å². The third-order valence-electron chi connectivity index (χ3n) is 3.64. The molecule has 0 aliphatic carbocycles. The molecule has 0 aromatic carbocycles. The lowest BCUT2D eigenvalue weighted by atomic mass is 10.2. The summed E-state index contributed by atoms with van der Waals surface area (Å²) in [6, 6.07) is 1.72. The molecule has 1 aliphatic rings. The van der Waals surface area contributed by atoms with Gasteiger partial charge in [-0.05, 0) is 25.8 Å². The quantitative estimate of drug-likeness (QED) is 0.467. The topological polar surface area (TPSA) is 108 Å². The van der Waals surface area contributed by atoms with E-state index in [1.165, 1.54) is 4.68 Å². The lowest BCUT2D eigenvalue weighted by molar-refractivity contribution is 0.0923. The monoisotopic (exact) mass is 291 g/mol. The minimum atomic E-state index is -0.491. The van der Waals surface area contributed by atoms with E-state index in [9.17, 15) is 9.59 Å². The number of carbonyl (C=O) groups is 1. The molecule has 112 valence electrons. The third kappa shape index (κ3) is 2.38. The number of hydrazine groups is 1. The van der Waals surface area contributed by atoms with Gasteiger partial charge in [-0.15, -0.1) is 0 Å². The van der Waals surface area contributed by atoms with Gasteiger partial charge in [-0.25, -0.2) is 15.3 Å². The van der Waals surface area contributed by atoms with Crippen LogP contribution in [0.3, 0.4) is 0 Å². The van der Waals surface area contributed by atoms with Gasteiger partial charge in [0, 0.05) is 18.5 Å². The van der Waals surface area contributed by atoms with Gasteiger partial charge < -0.3 is 4.42 Å². The number of aryl methyl sites for hydroxylation is 2. The maximum Gasteiger partial charge on any atom is 0.346 e. The van der Waals surface area contributed by atoms with Crippen molar-refractivity contribution in [2.45, 2.75) is 39.3 Å². The van der Waals surface area contributed by atoms with E-state index in [1.54, 1.807) is 17.6 Å². The number of hydrogen-bond donors (Lipinski definition) is 2. The number of furan rings is 1. The van der Waals surface area contributed by atoms with Gasteiger partial charge in [0.1, 0.15) is 18.1 Å². The van der Waals surface area contributed by atoms with Gasteiger partial charge in [0.2, 0.25) is 0 Å². The Morgan fingerprint density at radius 3 is 3.05 bits per heavy atom. The van der Waals surface area contributed by atoms with Crippen LogP contribution in [-0.4, -0.2) is 20.3 Å². The van der Waals surface area contributed by atoms with E-state index < -0.39 is 5.91 Å². The van der Waals surface area contributed by atoms with E-state index in [0.717, 1.165) is 25.1 Å². The molecule has 1 aliphatic heterocycles. The second-order valence-corrected chi connectivity index (χ2v) is 5.16. The van der Waals surface area contributed by atoms with E-state index in [0.29, 0.717) is 17.9 Å². The number of nitrogen functional groups attached to an aromatic ring is 1. The Bertz CT molecular complexity index is 740. The predicted octanol–water partition coefficient (Wildman–Crippen LogP) is -0.0657. The summed E-state index contributed by atoms with van der Waals surface area (Å²) in [6.45, 7) is 2.67. The van der Waals surface area contributed by atoms with Gasteiger partial charge >= 0.3 is 11.6 Å². The Morgan fingerprint density at radius 2 is 2.33 bits per heavy atom. The van der Waals surface area contributed by atoms with Crippen molar-refractivity contribution in [3.05, 3.63) is 39.5 Å². The second kappa shape index (κ2) is 5.21. The molecule has 0 spiro atoms. The summed E-state index contributed by atoms with van der Waals surface area (Å²) in [5.41, 5.74) is 2.57. The first kappa shape index (κ1) is 13.6. The molecule has 2 aromatic heterocycles. The molecule has 0 saturated heterocycles. The molecule has 0 fully saturated rings. The average Bonchev–Trinajstić information content (AvgIpc) is 3.00. The van der Waals surface area contributed by atoms with Gasteiger partial charge in [0.05, 0.1) is 0 Å². The zero-order valence-electron chi connectivity index (χ0n) is 11.8. The molecule has 0 bridgehead atoms. The Kier molecular flexibility index (Phi) is 3.38. The standard InChI is InChI=1S/C13H17N5O3/c1-8-6-9(21-11(8)12(19)15-14)7-18-13(20)17-5-3-2-4-10(17)16-18/h6H,2-5,7,14H2,1H3,(H,15,19). The Labute approximate surface area is 120 Å². The molecule has 2 aromatic rings. The number of amides is 1. The van der Waals surface area contributed by atoms with Crippen molar-refractivity contribution in [2.24, 2.45) is 5.84 Å². The van der Waals surface area contributed by atoms with Crippen LogP contribution in [0.15, 0.2) is 15.3 Å². The van der Waals surface area contributed by atoms with Crippen LogP contribution >= 0.6 is 0 Å². The minimum Gasteiger partial charge on any atom is -0.454 e. The number of nitrogens with one attached hydrogen (secondary N) is 1. The summed E-state index contributed by atoms with van der Waals surface area (Å²) in [4.78, 5) is 23.7. The summed E-state index contributed by atoms with van der Waals surface area (Å²) >= 11 is 0. The van der Waals surface area contributed by atoms with Crippen LogP contribution in [0.25, 0.3) is 0 Å². The summed E-state index contributed by atoms with van der Waals surface area (Å²) in [5.74, 6) is 6.08. The number of nitrogens with zero attached hydrogens (tertiary/aromatic N) is 3. The van der Waals surface area contributed by atoms with Gasteiger partial charge in [-0.1, -0.05) is 0 Å². The van der Waals surface area contributed by atoms with E-state index in [-0.39, 0.29) is 18.0 Å². The Hall–Kier alpha value is -2.35. The number of fused-ring (bicyclic) bond motifs is 1. The maximum absolute atomic E-state index is 12.2. The fourth-order valence-corrected chi connectivity index (χ4v) is 2.62. The number of rotatable bonds is 3. The highest BCUT2D eigenvalue weighted by molar-refractivity contribution is 5.92. The SMILES string of the molecule is Cc1cc(Cn2nc3n(c2=O)CCCC3)oc1C(=O)NN. The summed E-state index contributed by atoms with van der Waals surface area (Å²) in [5, 5.41) is 4.33. The molecule has 1 amide bonds. The first-order valence-corrected chi connectivity index (χ1v) is 6.87. The highest BCUT2D eigenvalue weighted by atomic mass is 16.4. The van der Waals surface area contributed by atoms with Crippen molar-refractivity contribution >= 4 is 5.91 Å². The van der Waals surface area contributed by atoms with Crippen molar-refractivity contribution in [3.8, 4) is 0 Å². The van der Waals surface area contributed by atoms with Gasteiger partial charge in [-0.2, -0.15) is 5.10 Å². The fraction of sp³-hybridized carbons (Fsp3) is 0.462. The maximum atomic E-state index is 12.2. The van der Waals surface area contributed by atoms with Gasteiger partial charge in [0.25, 0.3) is 0 Å². The van der Waals surface area contributed by atoms with E-state index in [1.807, 2.05) is 5.43 Å². The number of aromatic nitrogens is 3. The smallest absolute Gasteiger partial charge is 0.346 e. The predicted molar refractivity (Wildman–Crippen MR) is 73.6 cm³/mol. The summed E-state index contributed by atoms with van der Waals surface area (Å²) in [6.07, 6.45) is 2.87. The first-order valence-electron chi connectivity index (χ1n) is 6.87. The minimum absolute atomic E-state index is 0.136. The Balaban J connectivity index is 1.89. The molecule has 8 nitrogen and oxygen atoms in total. The fourth-order valence-electron chi connectivity index (χ4n) is 2.62. The van der Waals surface area contributed by atoms with Crippen LogP contribution in [0.5, 0.6) is 0 Å². The van der Waals surface area contributed by atoms with Crippen molar-refractivity contribution in [1.29, 1.82) is 0 Å². The highest BCUT2D eigenvalue weighted by Crippen LogP contribution is 2.16. The highest BCUT2D eigenvalue weighted by Gasteiger charge is 2.19. The zero-order chi connectivity index (χ0) is 15.0. The van der Waals surface area contributed by atoms with Crippen molar-refractivity contribution < 1.29 is 9.21 Å². The lowest BCUT2D eigenvalue weighted by Crippen LogP contribution is -2.30. The van der Waals surface area contributed by atoms with Gasteiger partial charge in [0.15, 0.2) is 5.76 Å². The molecule has 0 unspecified atom stereocenters. The molecule has 0 radical (unpaired) electrons. The molecular weight excluding hydrogens is 274 g/mol. The van der Waals surface area contributed by atoms with Crippen LogP contribution in [0.1, 0.15) is 40.5 Å². The molecule has 8 heteroatoms. The Morgan fingerprint density at radius 1 is 1.52 bits per heavy atom. The zero-order valence-corrected chi connectivity index (χ0v) is 11.8. The van der Waals surface area contributed by atoms with E-state index in [4.69, 9.17) is 10.3 Å². The largest absolute Gasteiger partial charge is 0.454 e. The van der Waals surface area contributed by atoms with Crippen molar-refractivity contribution in [3.63, 3.8) is 0 Å². The molecule has 3 heterocycles. The first-order chi connectivity index (χ1) is 10.1. The van der Waals surface area contributed by atoms with E-state index in [2.05, 4.69) is 5.10 Å². The van der Waals surface area contributed by atoms with Crippen LogP contribution in [0, 0.1) is 6.92 Å². The molecule has 3 N–H and O–H groups in total. The van der Waals surface area contributed by atoms with Crippen LogP contribution in [-0.2, 0) is 19.5 Å². The molecular formula is C13H17N5O3. The molecule has 0 saturated carbocycles. The van der Waals surface area contributed by atoms with Crippen LogP contribution < -0.4 is 17.0 Å². The molecule has 21 heavy (non-hydrogen) atoms. The lowest BCUT2D eigenvalue weighted by Gasteiger charge is -2.09. The normalized spacial score (nSPS) is 14.0. The summed E-state index contributed by atoms with van der Waals surface area (Å²) < 4.78 is 8.54. The van der Waals surface area contributed by atoms with Crippen LogP contribution in [0.2, 0.25) is 0 Å². The summed E-state index contributed by atoms with van der Waals surface area (Å²) in [7, 11) is 0. The van der Waals surface area contributed by atoms with E-state index >= 15 is 0 Å².